The molecular formula is C23H25Cl2N5O5S. The Balaban J connectivity index is 1.67. The Morgan fingerprint density at radius 3 is 2.31 bits per heavy atom. The van der Waals surface area contributed by atoms with Crippen LogP contribution in [0.1, 0.15) is 23.8 Å². The molecule has 1 unspecified atom stereocenters. The normalized spacial score (nSPS) is 12.2. The van der Waals surface area contributed by atoms with Crippen LogP contribution in [-0.2, 0) is 21.9 Å². The molecule has 0 aliphatic rings. The quantitative estimate of drug-likeness (QED) is 0.411. The molecule has 1 atom stereocenters. The Morgan fingerprint density at radius 2 is 1.69 bits per heavy atom. The van der Waals surface area contributed by atoms with Gasteiger partial charge in [-0.1, -0.05) is 23.2 Å². The van der Waals surface area contributed by atoms with Gasteiger partial charge in [0, 0.05) is 50.2 Å². The van der Waals surface area contributed by atoms with Crippen molar-refractivity contribution in [2.75, 3.05) is 19.4 Å². The maximum absolute atomic E-state index is 12.8. The zero-order chi connectivity index (χ0) is 26.8. The second-order valence-electron chi connectivity index (χ2n) is 8.33. The van der Waals surface area contributed by atoms with Gasteiger partial charge < -0.3 is 20.1 Å². The Hall–Kier alpha value is -3.28. The van der Waals surface area contributed by atoms with Crippen molar-refractivity contribution in [1.29, 1.82) is 0 Å². The van der Waals surface area contributed by atoms with Crippen molar-refractivity contribution >= 4 is 67.7 Å². The molecule has 192 valence electrons. The summed E-state index contributed by atoms with van der Waals surface area (Å²) in [7, 11) is 0.697. The van der Waals surface area contributed by atoms with Crippen molar-refractivity contribution in [1.82, 2.24) is 19.5 Å². The number of carbonyl (C=O) groups excluding carboxylic acids is 3. The van der Waals surface area contributed by atoms with Gasteiger partial charge in [0.15, 0.2) is 0 Å². The lowest BCUT2D eigenvalue weighted by Crippen LogP contribution is -2.44. The minimum atomic E-state index is -4.18. The summed E-state index contributed by atoms with van der Waals surface area (Å²) in [6.45, 7) is 1.59. The van der Waals surface area contributed by atoms with E-state index < -0.39 is 28.0 Å². The van der Waals surface area contributed by atoms with Crippen molar-refractivity contribution in [3.63, 3.8) is 0 Å². The first kappa shape index (κ1) is 27.3. The number of hydrogen-bond acceptors (Lipinski definition) is 5. The summed E-state index contributed by atoms with van der Waals surface area (Å²) in [5.41, 5.74) is 1.39. The Morgan fingerprint density at radius 1 is 1.06 bits per heavy atom. The molecular weight excluding hydrogens is 529 g/mol. The van der Waals surface area contributed by atoms with Crippen LogP contribution in [0.4, 0.5) is 10.5 Å². The van der Waals surface area contributed by atoms with Crippen molar-refractivity contribution in [2.24, 2.45) is 7.05 Å². The molecule has 3 rings (SSSR count). The predicted molar refractivity (Wildman–Crippen MR) is 139 cm³/mol. The number of benzene rings is 2. The standard InChI is InChI=1S/C23H25Cl2N5O5S/c1-13(11-20(31)29(2)3)26-23(33)28-36(34,35)15-7-5-14(6-8-15)27-22(32)19-12-16-18(30(19)4)10-9-17(24)21(16)25/h5-10,12-13H,11H2,1-4H3,(H,27,32)(H2,26,28,33). The monoisotopic (exact) mass is 553 g/mol. The van der Waals surface area contributed by atoms with E-state index in [1.807, 2.05) is 4.72 Å². The SMILES string of the molecule is CC(CC(=O)N(C)C)NC(=O)NS(=O)(=O)c1ccc(NC(=O)c2cc3c(Cl)c(Cl)ccc3n2C)cc1. The highest BCUT2D eigenvalue weighted by molar-refractivity contribution is 7.90. The lowest BCUT2D eigenvalue weighted by Gasteiger charge is -2.17. The largest absolute Gasteiger partial charge is 0.349 e. The number of nitrogens with zero attached hydrogens (tertiary/aromatic N) is 2. The lowest BCUT2D eigenvalue weighted by atomic mass is 10.2. The van der Waals surface area contributed by atoms with Crippen molar-refractivity contribution in [3.8, 4) is 0 Å². The summed E-state index contributed by atoms with van der Waals surface area (Å²) < 4.78 is 28.7. The van der Waals surface area contributed by atoms with Crippen LogP contribution in [0.25, 0.3) is 10.9 Å². The third-order valence-corrected chi connectivity index (χ3v) is 7.52. The number of sulfonamides is 1. The number of aromatic nitrogens is 1. The van der Waals surface area contributed by atoms with Gasteiger partial charge in [-0.25, -0.2) is 17.9 Å². The second-order valence-corrected chi connectivity index (χ2v) is 10.8. The summed E-state index contributed by atoms with van der Waals surface area (Å²) in [6, 6.07) is 8.78. The molecule has 13 heteroatoms. The Kier molecular flexibility index (Phi) is 8.17. The molecule has 0 bridgehead atoms. The third kappa shape index (κ3) is 6.10. The molecule has 0 aliphatic carbocycles. The average molecular weight is 554 g/mol. The summed E-state index contributed by atoms with van der Waals surface area (Å²) in [4.78, 5) is 37.9. The smallest absolute Gasteiger partial charge is 0.328 e. The van der Waals surface area contributed by atoms with E-state index in [2.05, 4.69) is 10.6 Å². The van der Waals surface area contributed by atoms with E-state index in [0.717, 1.165) is 5.52 Å². The number of amides is 4. The first-order valence-corrected chi connectivity index (χ1v) is 12.9. The molecule has 1 heterocycles. The molecule has 0 aliphatic heterocycles. The topological polar surface area (TPSA) is 130 Å². The van der Waals surface area contributed by atoms with Crippen LogP contribution < -0.4 is 15.4 Å². The lowest BCUT2D eigenvalue weighted by molar-refractivity contribution is -0.129. The van der Waals surface area contributed by atoms with Gasteiger partial charge in [0.1, 0.15) is 5.69 Å². The van der Waals surface area contributed by atoms with Gasteiger partial charge in [-0.3, -0.25) is 9.59 Å². The van der Waals surface area contributed by atoms with Crippen molar-refractivity contribution in [3.05, 3.63) is 58.2 Å². The first-order valence-electron chi connectivity index (χ1n) is 10.7. The fourth-order valence-corrected chi connectivity index (χ4v) is 4.70. The molecule has 0 spiro atoms. The van der Waals surface area contributed by atoms with E-state index in [0.29, 0.717) is 26.8 Å². The fraction of sp³-hybridized carbons (Fsp3) is 0.261. The zero-order valence-electron chi connectivity index (χ0n) is 19.9. The number of aryl methyl sites for hydroxylation is 1. The fourth-order valence-electron chi connectivity index (χ4n) is 3.41. The van der Waals surface area contributed by atoms with Gasteiger partial charge >= 0.3 is 6.03 Å². The number of hydrogen-bond donors (Lipinski definition) is 3. The molecule has 1 aromatic heterocycles. The Bertz CT molecular complexity index is 1440. The molecule has 10 nitrogen and oxygen atoms in total. The predicted octanol–water partition coefficient (Wildman–Crippen LogP) is 3.59. The number of carbonyl (C=O) groups is 3. The molecule has 0 saturated heterocycles. The highest BCUT2D eigenvalue weighted by atomic mass is 35.5. The van der Waals surface area contributed by atoms with Gasteiger partial charge in [-0.15, -0.1) is 0 Å². The molecule has 4 amide bonds. The highest BCUT2D eigenvalue weighted by Crippen LogP contribution is 2.32. The average Bonchev–Trinajstić information content (AvgIpc) is 3.13. The second kappa shape index (κ2) is 10.8. The molecule has 3 aromatic rings. The third-order valence-electron chi connectivity index (χ3n) is 5.35. The van der Waals surface area contributed by atoms with Crippen LogP contribution in [0.3, 0.4) is 0 Å². The van der Waals surface area contributed by atoms with Gasteiger partial charge in [-0.05, 0) is 49.4 Å². The van der Waals surface area contributed by atoms with Gasteiger partial charge in [-0.2, -0.15) is 0 Å². The minimum absolute atomic E-state index is 0.0187. The number of fused-ring (bicyclic) bond motifs is 1. The summed E-state index contributed by atoms with van der Waals surface area (Å²) >= 11 is 12.3. The summed E-state index contributed by atoms with van der Waals surface area (Å²) in [6.07, 6.45) is 0.0187. The molecule has 0 radical (unpaired) electrons. The Labute approximate surface area is 218 Å². The number of urea groups is 1. The maximum atomic E-state index is 12.8. The van der Waals surface area contributed by atoms with E-state index in [9.17, 15) is 22.8 Å². The molecule has 0 saturated carbocycles. The van der Waals surface area contributed by atoms with Crippen molar-refractivity contribution < 1.29 is 22.8 Å². The van der Waals surface area contributed by atoms with Gasteiger partial charge in [0.25, 0.3) is 15.9 Å². The van der Waals surface area contributed by atoms with Crippen LogP contribution in [0, 0.1) is 0 Å². The van der Waals surface area contributed by atoms with Gasteiger partial charge in [0.2, 0.25) is 5.91 Å². The van der Waals surface area contributed by atoms with Crippen LogP contribution in [0.2, 0.25) is 10.0 Å². The molecule has 3 N–H and O–H groups in total. The van der Waals surface area contributed by atoms with E-state index in [1.165, 1.54) is 29.2 Å². The van der Waals surface area contributed by atoms with Crippen LogP contribution >= 0.6 is 23.2 Å². The van der Waals surface area contributed by atoms with E-state index in [1.54, 1.807) is 50.8 Å². The summed E-state index contributed by atoms with van der Waals surface area (Å²) in [5.74, 6) is -0.645. The van der Waals surface area contributed by atoms with Crippen LogP contribution in [-0.4, -0.2) is 55.9 Å². The van der Waals surface area contributed by atoms with Crippen molar-refractivity contribution in [2.45, 2.75) is 24.3 Å². The number of nitrogens with one attached hydrogen (secondary N) is 3. The molecule has 2 aromatic carbocycles. The summed E-state index contributed by atoms with van der Waals surface area (Å²) in [5, 5.41) is 6.46. The first-order chi connectivity index (χ1) is 16.8. The minimum Gasteiger partial charge on any atom is -0.349 e. The van der Waals surface area contributed by atoms with E-state index in [4.69, 9.17) is 23.2 Å². The van der Waals surface area contributed by atoms with E-state index in [-0.39, 0.29) is 17.2 Å². The zero-order valence-corrected chi connectivity index (χ0v) is 22.3. The number of anilines is 1. The number of rotatable bonds is 7. The van der Waals surface area contributed by atoms with Crippen LogP contribution in [0.15, 0.2) is 47.4 Å². The maximum Gasteiger partial charge on any atom is 0.328 e. The van der Waals surface area contributed by atoms with E-state index >= 15 is 0 Å². The van der Waals surface area contributed by atoms with Gasteiger partial charge in [0.05, 0.1) is 14.9 Å². The molecule has 0 fully saturated rings. The number of halogens is 2. The highest BCUT2D eigenvalue weighted by Gasteiger charge is 2.21. The molecule has 36 heavy (non-hydrogen) atoms. The van der Waals surface area contributed by atoms with Crippen LogP contribution in [0.5, 0.6) is 0 Å².